The fraction of sp³-hybridized carbons (Fsp3) is 0.500. The smallest absolute Gasteiger partial charge is 0.167 e. The van der Waals surface area contributed by atoms with E-state index in [9.17, 15) is 0 Å². The Balaban J connectivity index is 1.48. The van der Waals surface area contributed by atoms with Gasteiger partial charge in [-0.1, -0.05) is 125 Å². The second kappa shape index (κ2) is 13.9. The number of benzene rings is 2. The third-order valence-corrected chi connectivity index (χ3v) is 6.39. The molecule has 0 aliphatic carbocycles. The topological polar surface area (TPSA) is 26.0 Å². The van der Waals surface area contributed by atoms with Crippen LogP contribution in [0.4, 0.5) is 0 Å². The van der Waals surface area contributed by atoms with Gasteiger partial charge in [-0.15, -0.1) is 0 Å². The van der Waals surface area contributed by atoms with Gasteiger partial charge < -0.3 is 4.52 Å². The highest BCUT2D eigenvalue weighted by atomic mass is 16.5. The minimum atomic E-state index is 0.839. The van der Waals surface area contributed by atoms with Crippen LogP contribution in [0.15, 0.2) is 59.1 Å². The molecule has 172 valence electrons. The Labute approximate surface area is 195 Å². The van der Waals surface area contributed by atoms with Gasteiger partial charge in [-0.2, -0.15) is 0 Å². The zero-order valence-electron chi connectivity index (χ0n) is 20.2. The normalized spacial score (nSPS) is 11.2. The largest absolute Gasteiger partial charge is 0.356 e. The van der Waals surface area contributed by atoms with Gasteiger partial charge in [-0.25, -0.2) is 0 Å². The molecule has 0 aliphatic rings. The molecule has 2 nitrogen and oxygen atoms in total. The number of hydrogen-bond donors (Lipinski definition) is 0. The molecule has 0 atom stereocenters. The highest BCUT2D eigenvalue weighted by molar-refractivity contribution is 5.67. The van der Waals surface area contributed by atoms with Gasteiger partial charge in [0.05, 0.1) is 0 Å². The standard InChI is InChI=1S/C30H41NO/c1-3-5-7-9-11-13-15-26-18-22-28(23-19-26)30-24-29(31-32-30)27-20-16-25(17-21-27)14-12-10-8-6-4-2/h16-24H,3-15H2,1-2H3. The summed E-state index contributed by atoms with van der Waals surface area (Å²) in [4.78, 5) is 0. The summed E-state index contributed by atoms with van der Waals surface area (Å²) in [5.41, 5.74) is 5.95. The average molecular weight is 432 g/mol. The van der Waals surface area contributed by atoms with Crippen LogP contribution in [-0.4, -0.2) is 5.16 Å². The summed E-state index contributed by atoms with van der Waals surface area (Å²) in [5, 5.41) is 4.32. The summed E-state index contributed by atoms with van der Waals surface area (Å²) in [7, 11) is 0. The molecule has 0 bridgehead atoms. The van der Waals surface area contributed by atoms with Crippen LogP contribution in [0, 0.1) is 0 Å². The maximum absolute atomic E-state index is 5.66. The second-order valence-electron chi connectivity index (χ2n) is 9.15. The van der Waals surface area contributed by atoms with Crippen LogP contribution in [0.3, 0.4) is 0 Å². The maximum Gasteiger partial charge on any atom is 0.167 e. The van der Waals surface area contributed by atoms with Crippen LogP contribution in [0.1, 0.15) is 95.6 Å². The molecule has 1 heterocycles. The molecular formula is C30H41NO. The van der Waals surface area contributed by atoms with Crippen molar-refractivity contribution in [2.24, 2.45) is 0 Å². The van der Waals surface area contributed by atoms with Crippen LogP contribution in [0.5, 0.6) is 0 Å². The lowest BCUT2D eigenvalue weighted by Gasteiger charge is -2.03. The lowest BCUT2D eigenvalue weighted by molar-refractivity contribution is 0.435. The van der Waals surface area contributed by atoms with Crippen LogP contribution in [-0.2, 0) is 12.8 Å². The third-order valence-electron chi connectivity index (χ3n) is 6.39. The minimum Gasteiger partial charge on any atom is -0.356 e. The van der Waals surface area contributed by atoms with Gasteiger partial charge >= 0.3 is 0 Å². The molecule has 2 heteroatoms. The first-order chi connectivity index (χ1) is 15.8. The Hall–Kier alpha value is -2.35. The second-order valence-corrected chi connectivity index (χ2v) is 9.15. The van der Waals surface area contributed by atoms with Gasteiger partial charge in [0.25, 0.3) is 0 Å². The summed E-state index contributed by atoms with van der Waals surface area (Å²) < 4.78 is 5.66. The predicted molar refractivity (Wildman–Crippen MR) is 137 cm³/mol. The average Bonchev–Trinajstić information content (AvgIpc) is 3.32. The van der Waals surface area contributed by atoms with E-state index in [1.807, 2.05) is 0 Å². The lowest BCUT2D eigenvalue weighted by Crippen LogP contribution is -1.87. The van der Waals surface area contributed by atoms with Crippen molar-refractivity contribution < 1.29 is 4.52 Å². The summed E-state index contributed by atoms with van der Waals surface area (Å²) in [6.45, 7) is 4.53. The first-order valence-corrected chi connectivity index (χ1v) is 13.0. The zero-order chi connectivity index (χ0) is 22.4. The van der Waals surface area contributed by atoms with Crippen LogP contribution >= 0.6 is 0 Å². The number of rotatable bonds is 15. The van der Waals surface area contributed by atoms with Gasteiger partial charge in [0, 0.05) is 17.2 Å². The Morgan fingerprint density at radius 2 is 1.03 bits per heavy atom. The number of aromatic nitrogens is 1. The van der Waals surface area contributed by atoms with E-state index in [1.54, 1.807) is 0 Å². The summed E-state index contributed by atoms with van der Waals surface area (Å²) >= 11 is 0. The van der Waals surface area contributed by atoms with E-state index < -0.39 is 0 Å². The fourth-order valence-electron chi connectivity index (χ4n) is 4.27. The minimum absolute atomic E-state index is 0.839. The van der Waals surface area contributed by atoms with Crippen molar-refractivity contribution in [1.82, 2.24) is 5.16 Å². The monoisotopic (exact) mass is 431 g/mol. The van der Waals surface area contributed by atoms with Gasteiger partial charge in [-0.05, 0) is 36.8 Å². The molecule has 0 unspecified atom stereocenters. The number of hydrogen-bond acceptors (Lipinski definition) is 2. The molecule has 0 N–H and O–H groups in total. The van der Waals surface area contributed by atoms with Crippen molar-refractivity contribution in [3.63, 3.8) is 0 Å². The molecule has 0 radical (unpaired) electrons. The Bertz CT molecular complexity index is 876. The molecule has 32 heavy (non-hydrogen) atoms. The van der Waals surface area contributed by atoms with Crippen LogP contribution in [0.2, 0.25) is 0 Å². The molecule has 0 spiro atoms. The summed E-state index contributed by atoms with van der Waals surface area (Å²) in [5.74, 6) is 0.839. The molecule has 3 aromatic rings. The summed E-state index contributed by atoms with van der Waals surface area (Å²) in [6.07, 6.45) is 17.0. The van der Waals surface area contributed by atoms with Crippen molar-refractivity contribution in [1.29, 1.82) is 0 Å². The lowest BCUT2D eigenvalue weighted by atomic mass is 10.0. The van der Waals surface area contributed by atoms with E-state index in [2.05, 4.69) is 73.6 Å². The van der Waals surface area contributed by atoms with E-state index in [1.165, 1.54) is 94.6 Å². The predicted octanol–water partition coefficient (Wildman–Crippen LogP) is 9.42. The molecule has 0 amide bonds. The quantitative estimate of drug-likeness (QED) is 0.224. The van der Waals surface area contributed by atoms with Crippen LogP contribution < -0.4 is 0 Å². The zero-order valence-corrected chi connectivity index (χ0v) is 20.2. The van der Waals surface area contributed by atoms with Crippen molar-refractivity contribution in [3.8, 4) is 22.6 Å². The van der Waals surface area contributed by atoms with E-state index in [0.717, 1.165) is 22.6 Å². The molecular weight excluding hydrogens is 390 g/mol. The molecule has 0 saturated carbocycles. The van der Waals surface area contributed by atoms with Crippen molar-refractivity contribution in [2.45, 2.75) is 97.3 Å². The Morgan fingerprint density at radius 1 is 0.562 bits per heavy atom. The Kier molecular flexibility index (Phi) is 10.6. The van der Waals surface area contributed by atoms with Crippen LogP contribution in [0.25, 0.3) is 22.6 Å². The molecule has 0 fully saturated rings. The van der Waals surface area contributed by atoms with Gasteiger partial charge in [-0.3, -0.25) is 0 Å². The highest BCUT2D eigenvalue weighted by Crippen LogP contribution is 2.27. The number of nitrogens with zero attached hydrogens (tertiary/aromatic N) is 1. The summed E-state index contributed by atoms with van der Waals surface area (Å²) in [6, 6.07) is 19.7. The van der Waals surface area contributed by atoms with Gasteiger partial charge in [0.15, 0.2) is 5.76 Å². The highest BCUT2D eigenvalue weighted by Gasteiger charge is 2.09. The van der Waals surface area contributed by atoms with E-state index in [4.69, 9.17) is 4.52 Å². The fourth-order valence-corrected chi connectivity index (χ4v) is 4.27. The van der Waals surface area contributed by atoms with E-state index in [0.29, 0.717) is 0 Å². The van der Waals surface area contributed by atoms with Crippen molar-refractivity contribution >= 4 is 0 Å². The number of aryl methyl sites for hydroxylation is 2. The van der Waals surface area contributed by atoms with Gasteiger partial charge in [0.1, 0.15) is 5.69 Å². The van der Waals surface area contributed by atoms with Crippen molar-refractivity contribution in [2.75, 3.05) is 0 Å². The van der Waals surface area contributed by atoms with E-state index in [-0.39, 0.29) is 0 Å². The first-order valence-electron chi connectivity index (χ1n) is 13.0. The van der Waals surface area contributed by atoms with Crippen molar-refractivity contribution in [3.05, 3.63) is 65.7 Å². The molecule has 1 aromatic heterocycles. The molecule has 0 aliphatic heterocycles. The maximum atomic E-state index is 5.66. The third kappa shape index (κ3) is 7.97. The molecule has 3 rings (SSSR count). The first kappa shape index (κ1) is 24.3. The van der Waals surface area contributed by atoms with Gasteiger partial charge in [0.2, 0.25) is 0 Å². The molecule has 2 aromatic carbocycles. The Morgan fingerprint density at radius 3 is 1.56 bits per heavy atom. The number of unbranched alkanes of at least 4 members (excludes halogenated alkanes) is 9. The molecule has 0 saturated heterocycles. The SMILES string of the molecule is CCCCCCCCc1ccc(-c2cc(-c3ccc(CCCCCCC)cc3)no2)cc1. The van der Waals surface area contributed by atoms with E-state index >= 15 is 0 Å².